The Morgan fingerprint density at radius 1 is 1.22 bits per heavy atom. The van der Waals surface area contributed by atoms with Crippen LogP contribution in [0.5, 0.6) is 0 Å². The Labute approximate surface area is 139 Å². The van der Waals surface area contributed by atoms with Crippen LogP contribution in [-0.2, 0) is 0 Å². The first kappa shape index (κ1) is 15.4. The molecule has 7 heteroatoms. The predicted molar refractivity (Wildman–Crippen MR) is 86.5 cm³/mol. The molecule has 0 saturated carbocycles. The van der Waals surface area contributed by atoms with Gasteiger partial charge in [-0.1, -0.05) is 28.1 Å². The Morgan fingerprint density at radius 3 is 2.78 bits per heavy atom. The highest BCUT2D eigenvalue weighted by atomic mass is 79.9. The zero-order valence-electron chi connectivity index (χ0n) is 12.0. The van der Waals surface area contributed by atoms with Gasteiger partial charge in [0, 0.05) is 15.7 Å². The van der Waals surface area contributed by atoms with Crippen molar-refractivity contribution in [2.24, 2.45) is 0 Å². The van der Waals surface area contributed by atoms with Gasteiger partial charge in [0.25, 0.3) is 0 Å². The Hall–Kier alpha value is -2.54. The molecular weight excluding hydrogens is 365 g/mol. The fraction of sp³-hybridized carbons (Fsp3) is 0.0625. The fourth-order valence-corrected chi connectivity index (χ4v) is 2.29. The molecule has 0 atom stereocenters. The lowest BCUT2D eigenvalue weighted by molar-refractivity contribution is 0.0991. The summed E-state index contributed by atoms with van der Waals surface area (Å²) >= 11 is 3.40. The van der Waals surface area contributed by atoms with Gasteiger partial charge < -0.3 is 9.73 Å². The summed E-state index contributed by atoms with van der Waals surface area (Å²) in [6.07, 6.45) is 0. The Balaban J connectivity index is 1.79. The standard InChI is InChI=1S/C16H11BrFN3O2/c1-9-5-6-12(8-13(9)17)19-14(22)16-21-20-15(23-16)10-3-2-4-11(18)7-10/h2-8H,1H3,(H,19,22). The third kappa shape index (κ3) is 3.45. The van der Waals surface area contributed by atoms with E-state index in [-0.39, 0.29) is 11.8 Å². The molecule has 1 heterocycles. The van der Waals surface area contributed by atoms with Crippen LogP contribution in [0.1, 0.15) is 16.2 Å². The first-order chi connectivity index (χ1) is 11.0. The van der Waals surface area contributed by atoms with E-state index in [9.17, 15) is 9.18 Å². The fourth-order valence-electron chi connectivity index (χ4n) is 1.91. The first-order valence-corrected chi connectivity index (χ1v) is 7.49. The summed E-state index contributed by atoms with van der Waals surface area (Å²) < 4.78 is 19.4. The number of aryl methyl sites for hydroxylation is 1. The molecule has 0 fully saturated rings. The predicted octanol–water partition coefficient (Wildman–Crippen LogP) is 4.20. The number of halogens is 2. The lowest BCUT2D eigenvalue weighted by atomic mass is 10.2. The second kappa shape index (κ2) is 6.29. The molecule has 23 heavy (non-hydrogen) atoms. The SMILES string of the molecule is Cc1ccc(NC(=O)c2nnc(-c3cccc(F)c3)o2)cc1Br. The summed E-state index contributed by atoms with van der Waals surface area (Å²) in [6.45, 7) is 1.94. The van der Waals surface area contributed by atoms with Gasteiger partial charge in [-0.2, -0.15) is 0 Å². The van der Waals surface area contributed by atoms with Crippen LogP contribution >= 0.6 is 15.9 Å². The lowest BCUT2D eigenvalue weighted by Gasteiger charge is -2.04. The van der Waals surface area contributed by atoms with Crippen molar-refractivity contribution in [3.63, 3.8) is 0 Å². The van der Waals surface area contributed by atoms with Gasteiger partial charge in [0.2, 0.25) is 5.89 Å². The van der Waals surface area contributed by atoms with Crippen LogP contribution in [0, 0.1) is 12.7 Å². The number of rotatable bonds is 3. The van der Waals surface area contributed by atoms with Crippen LogP contribution in [-0.4, -0.2) is 16.1 Å². The zero-order valence-corrected chi connectivity index (χ0v) is 13.6. The molecule has 2 aromatic carbocycles. The molecule has 0 unspecified atom stereocenters. The minimum Gasteiger partial charge on any atom is -0.412 e. The molecular formula is C16H11BrFN3O2. The van der Waals surface area contributed by atoms with Crippen LogP contribution in [0.3, 0.4) is 0 Å². The number of anilines is 1. The number of carbonyl (C=O) groups is 1. The highest BCUT2D eigenvalue weighted by Crippen LogP contribution is 2.22. The molecule has 0 aliphatic rings. The largest absolute Gasteiger partial charge is 0.412 e. The first-order valence-electron chi connectivity index (χ1n) is 6.70. The minimum absolute atomic E-state index is 0.0831. The van der Waals surface area contributed by atoms with Crippen molar-refractivity contribution in [1.29, 1.82) is 0 Å². The molecule has 0 aliphatic carbocycles. The molecule has 0 saturated heterocycles. The summed E-state index contributed by atoms with van der Waals surface area (Å²) in [6, 6.07) is 11.1. The van der Waals surface area contributed by atoms with Crippen molar-refractivity contribution in [3.05, 3.63) is 64.2 Å². The van der Waals surface area contributed by atoms with Gasteiger partial charge in [-0.3, -0.25) is 4.79 Å². The summed E-state index contributed by atoms with van der Waals surface area (Å²) in [7, 11) is 0. The van der Waals surface area contributed by atoms with Gasteiger partial charge >= 0.3 is 11.8 Å². The van der Waals surface area contributed by atoms with E-state index in [1.807, 2.05) is 13.0 Å². The van der Waals surface area contributed by atoms with Crippen molar-refractivity contribution in [1.82, 2.24) is 10.2 Å². The summed E-state index contributed by atoms with van der Waals surface area (Å²) in [4.78, 5) is 12.1. The van der Waals surface area contributed by atoms with Gasteiger partial charge in [-0.05, 0) is 42.8 Å². The molecule has 1 amide bonds. The Bertz CT molecular complexity index is 879. The van der Waals surface area contributed by atoms with Gasteiger partial charge in [-0.25, -0.2) is 4.39 Å². The zero-order chi connectivity index (χ0) is 16.4. The topological polar surface area (TPSA) is 68.0 Å². The van der Waals surface area contributed by atoms with E-state index in [2.05, 4.69) is 31.4 Å². The van der Waals surface area contributed by atoms with Crippen LogP contribution in [0.2, 0.25) is 0 Å². The number of nitrogens with one attached hydrogen (secondary N) is 1. The highest BCUT2D eigenvalue weighted by Gasteiger charge is 2.16. The quantitative estimate of drug-likeness (QED) is 0.744. The molecule has 1 aromatic heterocycles. The van der Waals surface area contributed by atoms with Crippen LogP contribution in [0.4, 0.5) is 10.1 Å². The number of amides is 1. The smallest absolute Gasteiger partial charge is 0.313 e. The van der Waals surface area contributed by atoms with Crippen LogP contribution in [0.15, 0.2) is 51.4 Å². The molecule has 0 bridgehead atoms. The van der Waals surface area contributed by atoms with E-state index in [0.717, 1.165) is 10.0 Å². The van der Waals surface area contributed by atoms with E-state index in [1.165, 1.54) is 18.2 Å². The van der Waals surface area contributed by atoms with Crippen molar-refractivity contribution >= 4 is 27.5 Å². The minimum atomic E-state index is -0.532. The normalized spacial score (nSPS) is 10.6. The average Bonchev–Trinajstić information content (AvgIpc) is 3.01. The number of aromatic nitrogens is 2. The Kier molecular flexibility index (Phi) is 4.20. The van der Waals surface area contributed by atoms with Crippen molar-refractivity contribution in [2.75, 3.05) is 5.32 Å². The molecule has 3 aromatic rings. The van der Waals surface area contributed by atoms with Gasteiger partial charge in [-0.15, -0.1) is 10.2 Å². The van der Waals surface area contributed by atoms with E-state index in [4.69, 9.17) is 4.42 Å². The van der Waals surface area contributed by atoms with E-state index in [0.29, 0.717) is 11.3 Å². The van der Waals surface area contributed by atoms with Crippen LogP contribution < -0.4 is 5.32 Å². The molecule has 0 radical (unpaired) electrons. The number of nitrogens with zero attached hydrogens (tertiary/aromatic N) is 2. The lowest BCUT2D eigenvalue weighted by Crippen LogP contribution is -2.12. The molecule has 5 nitrogen and oxygen atoms in total. The van der Waals surface area contributed by atoms with E-state index in [1.54, 1.807) is 18.2 Å². The monoisotopic (exact) mass is 375 g/mol. The average molecular weight is 376 g/mol. The highest BCUT2D eigenvalue weighted by molar-refractivity contribution is 9.10. The third-order valence-electron chi connectivity index (χ3n) is 3.12. The summed E-state index contributed by atoms with van der Waals surface area (Å²) in [5, 5.41) is 10.1. The molecule has 3 rings (SSSR count). The van der Waals surface area contributed by atoms with Crippen LogP contribution in [0.25, 0.3) is 11.5 Å². The molecule has 0 aliphatic heterocycles. The van der Waals surface area contributed by atoms with Crippen molar-refractivity contribution < 1.29 is 13.6 Å². The van der Waals surface area contributed by atoms with Gasteiger partial charge in [0.05, 0.1) is 0 Å². The maximum atomic E-state index is 13.2. The van der Waals surface area contributed by atoms with Gasteiger partial charge in [0.15, 0.2) is 0 Å². The molecule has 1 N–H and O–H groups in total. The second-order valence-corrected chi connectivity index (χ2v) is 5.70. The van der Waals surface area contributed by atoms with E-state index < -0.39 is 11.7 Å². The maximum absolute atomic E-state index is 13.2. The Morgan fingerprint density at radius 2 is 2.04 bits per heavy atom. The second-order valence-electron chi connectivity index (χ2n) is 4.84. The number of hydrogen-bond donors (Lipinski definition) is 1. The summed E-state index contributed by atoms with van der Waals surface area (Å²) in [5.74, 6) is -1.06. The van der Waals surface area contributed by atoms with Crippen molar-refractivity contribution in [2.45, 2.75) is 6.92 Å². The summed E-state index contributed by atoms with van der Waals surface area (Å²) in [5.41, 5.74) is 2.06. The van der Waals surface area contributed by atoms with Gasteiger partial charge in [0.1, 0.15) is 5.82 Å². The number of hydrogen-bond acceptors (Lipinski definition) is 4. The number of carbonyl (C=O) groups excluding carboxylic acids is 1. The van der Waals surface area contributed by atoms with E-state index >= 15 is 0 Å². The van der Waals surface area contributed by atoms with Crippen molar-refractivity contribution in [3.8, 4) is 11.5 Å². The third-order valence-corrected chi connectivity index (χ3v) is 3.97. The maximum Gasteiger partial charge on any atom is 0.313 e. The molecule has 116 valence electrons. The molecule has 0 spiro atoms. The number of benzene rings is 2.